The monoisotopic (exact) mass is 230 g/mol. The highest BCUT2D eigenvalue weighted by atomic mass is 16.4. The summed E-state index contributed by atoms with van der Waals surface area (Å²) in [6.07, 6.45) is 5.11. The Kier molecular flexibility index (Phi) is 7.60. The smallest absolute Gasteiger partial charge is 0.318 e. The van der Waals surface area contributed by atoms with Crippen molar-refractivity contribution >= 4 is 11.9 Å². The fourth-order valence-electron chi connectivity index (χ4n) is 1.92. The fourth-order valence-corrected chi connectivity index (χ4v) is 1.92. The first-order valence-electron chi connectivity index (χ1n) is 6.00. The van der Waals surface area contributed by atoms with Crippen LogP contribution in [0, 0.1) is 11.8 Å². The predicted molar refractivity (Wildman–Crippen MR) is 61.3 cm³/mol. The van der Waals surface area contributed by atoms with E-state index in [9.17, 15) is 9.59 Å². The summed E-state index contributed by atoms with van der Waals surface area (Å²) in [4.78, 5) is 21.9. The van der Waals surface area contributed by atoms with E-state index in [0.29, 0.717) is 12.8 Å². The van der Waals surface area contributed by atoms with E-state index in [-0.39, 0.29) is 5.92 Å². The molecule has 4 nitrogen and oxygen atoms in total. The molecule has 2 N–H and O–H groups in total. The summed E-state index contributed by atoms with van der Waals surface area (Å²) < 4.78 is 0. The van der Waals surface area contributed by atoms with E-state index in [2.05, 4.69) is 0 Å². The molecule has 0 bridgehead atoms. The summed E-state index contributed by atoms with van der Waals surface area (Å²) in [6, 6.07) is 0. The molecular weight excluding hydrogens is 208 g/mol. The second-order valence-corrected chi connectivity index (χ2v) is 4.20. The average molecular weight is 230 g/mol. The summed E-state index contributed by atoms with van der Waals surface area (Å²) in [6.45, 7) is 4.04. The van der Waals surface area contributed by atoms with Gasteiger partial charge in [-0.2, -0.15) is 0 Å². The van der Waals surface area contributed by atoms with E-state index >= 15 is 0 Å². The van der Waals surface area contributed by atoms with Gasteiger partial charge < -0.3 is 10.2 Å². The molecule has 0 atom stereocenters. The van der Waals surface area contributed by atoms with Crippen molar-refractivity contribution in [1.82, 2.24) is 0 Å². The van der Waals surface area contributed by atoms with Crippen LogP contribution in [0.25, 0.3) is 0 Å². The highest BCUT2D eigenvalue weighted by Crippen LogP contribution is 2.25. The van der Waals surface area contributed by atoms with E-state index in [1.54, 1.807) is 0 Å². The number of hydrogen-bond donors (Lipinski definition) is 2. The summed E-state index contributed by atoms with van der Waals surface area (Å²) in [5.74, 6) is -3.87. The first kappa shape index (κ1) is 14.9. The zero-order chi connectivity index (χ0) is 12.6. The summed E-state index contributed by atoms with van der Waals surface area (Å²) >= 11 is 0. The molecule has 0 radical (unpaired) electrons. The normalized spacial score (nSPS) is 11.0. The number of carboxylic acids is 2. The molecule has 0 aliphatic rings. The maximum absolute atomic E-state index is 10.9. The lowest BCUT2D eigenvalue weighted by Crippen LogP contribution is -2.31. The number of hydrogen-bond acceptors (Lipinski definition) is 2. The average Bonchev–Trinajstić information content (AvgIpc) is 2.20. The third-order valence-corrected chi connectivity index (χ3v) is 2.86. The van der Waals surface area contributed by atoms with Gasteiger partial charge >= 0.3 is 11.9 Å². The molecule has 0 heterocycles. The first-order chi connectivity index (χ1) is 7.54. The Morgan fingerprint density at radius 1 is 0.938 bits per heavy atom. The standard InChI is InChI=1S/C12H22O4/c1-3-5-7-9(8-6-4-2)10(11(13)14)12(15)16/h9-10H,3-8H2,1-2H3,(H,13,14)(H,15,16). The third-order valence-electron chi connectivity index (χ3n) is 2.86. The Morgan fingerprint density at radius 3 is 1.56 bits per heavy atom. The molecule has 0 aliphatic heterocycles. The van der Waals surface area contributed by atoms with Gasteiger partial charge in [-0.15, -0.1) is 0 Å². The van der Waals surface area contributed by atoms with Crippen molar-refractivity contribution in [2.24, 2.45) is 11.8 Å². The third kappa shape index (κ3) is 5.14. The molecule has 4 heteroatoms. The maximum Gasteiger partial charge on any atom is 0.318 e. The molecule has 94 valence electrons. The Balaban J connectivity index is 4.53. The summed E-state index contributed by atoms with van der Waals surface area (Å²) in [5.41, 5.74) is 0. The van der Waals surface area contributed by atoms with Crippen molar-refractivity contribution < 1.29 is 19.8 Å². The zero-order valence-corrected chi connectivity index (χ0v) is 10.1. The van der Waals surface area contributed by atoms with Gasteiger partial charge in [-0.25, -0.2) is 0 Å². The molecule has 0 spiro atoms. The largest absolute Gasteiger partial charge is 0.481 e. The molecular formula is C12H22O4. The zero-order valence-electron chi connectivity index (χ0n) is 10.1. The highest BCUT2D eigenvalue weighted by molar-refractivity contribution is 5.93. The number of carboxylic acid groups (broad SMARTS) is 2. The van der Waals surface area contributed by atoms with Gasteiger partial charge in [0.25, 0.3) is 0 Å². The van der Waals surface area contributed by atoms with Gasteiger partial charge in [-0.05, 0) is 18.8 Å². The topological polar surface area (TPSA) is 74.6 Å². The van der Waals surface area contributed by atoms with Gasteiger partial charge in [-0.3, -0.25) is 9.59 Å². The fraction of sp³-hybridized carbons (Fsp3) is 0.833. The molecule has 0 fully saturated rings. The Bertz CT molecular complexity index is 203. The van der Waals surface area contributed by atoms with E-state index in [1.807, 2.05) is 13.8 Å². The van der Waals surface area contributed by atoms with Crippen molar-refractivity contribution in [2.75, 3.05) is 0 Å². The van der Waals surface area contributed by atoms with Crippen LogP contribution in [-0.4, -0.2) is 22.2 Å². The van der Waals surface area contributed by atoms with Crippen LogP contribution in [-0.2, 0) is 9.59 Å². The summed E-state index contributed by atoms with van der Waals surface area (Å²) in [7, 11) is 0. The lowest BCUT2D eigenvalue weighted by molar-refractivity contribution is -0.157. The van der Waals surface area contributed by atoms with Crippen molar-refractivity contribution in [3.05, 3.63) is 0 Å². The van der Waals surface area contributed by atoms with Crippen molar-refractivity contribution in [3.63, 3.8) is 0 Å². The molecule has 0 aromatic rings. The van der Waals surface area contributed by atoms with E-state index in [0.717, 1.165) is 25.7 Å². The van der Waals surface area contributed by atoms with Crippen LogP contribution in [0.5, 0.6) is 0 Å². The molecule has 0 saturated carbocycles. The molecule has 0 rings (SSSR count). The Hall–Kier alpha value is -1.06. The van der Waals surface area contributed by atoms with Crippen LogP contribution in [0.2, 0.25) is 0 Å². The van der Waals surface area contributed by atoms with Crippen LogP contribution in [0.1, 0.15) is 52.4 Å². The predicted octanol–water partition coefficient (Wildman–Crippen LogP) is 2.77. The molecule has 0 unspecified atom stereocenters. The Labute approximate surface area is 96.7 Å². The minimum atomic E-state index is -1.24. The minimum Gasteiger partial charge on any atom is -0.481 e. The molecule has 16 heavy (non-hydrogen) atoms. The van der Waals surface area contributed by atoms with E-state index < -0.39 is 17.9 Å². The second-order valence-electron chi connectivity index (χ2n) is 4.20. The first-order valence-corrected chi connectivity index (χ1v) is 6.00. The van der Waals surface area contributed by atoms with Crippen LogP contribution in [0.15, 0.2) is 0 Å². The van der Waals surface area contributed by atoms with Gasteiger partial charge in [0.2, 0.25) is 0 Å². The Morgan fingerprint density at radius 2 is 1.31 bits per heavy atom. The quantitative estimate of drug-likeness (QED) is 0.597. The van der Waals surface area contributed by atoms with Crippen LogP contribution in [0.3, 0.4) is 0 Å². The van der Waals surface area contributed by atoms with Gasteiger partial charge in [-0.1, -0.05) is 39.5 Å². The highest BCUT2D eigenvalue weighted by Gasteiger charge is 2.33. The number of unbranched alkanes of at least 4 members (excludes halogenated alkanes) is 2. The molecule has 0 amide bonds. The van der Waals surface area contributed by atoms with E-state index in [4.69, 9.17) is 10.2 Å². The van der Waals surface area contributed by atoms with Gasteiger partial charge in [0, 0.05) is 0 Å². The number of carbonyl (C=O) groups is 2. The summed E-state index contributed by atoms with van der Waals surface area (Å²) in [5, 5.41) is 17.9. The molecule has 0 aromatic carbocycles. The van der Waals surface area contributed by atoms with Gasteiger partial charge in [0.05, 0.1) is 0 Å². The van der Waals surface area contributed by atoms with Gasteiger partial charge in [0.15, 0.2) is 5.92 Å². The lowest BCUT2D eigenvalue weighted by atomic mass is 9.84. The molecule has 0 aromatic heterocycles. The number of aliphatic carboxylic acids is 2. The van der Waals surface area contributed by atoms with Crippen molar-refractivity contribution in [2.45, 2.75) is 52.4 Å². The van der Waals surface area contributed by atoms with Crippen LogP contribution >= 0.6 is 0 Å². The van der Waals surface area contributed by atoms with Crippen molar-refractivity contribution in [3.8, 4) is 0 Å². The van der Waals surface area contributed by atoms with E-state index in [1.165, 1.54) is 0 Å². The molecule has 0 saturated heterocycles. The minimum absolute atomic E-state index is 0.227. The lowest BCUT2D eigenvalue weighted by Gasteiger charge is -2.20. The second kappa shape index (κ2) is 8.13. The van der Waals surface area contributed by atoms with Gasteiger partial charge in [0.1, 0.15) is 0 Å². The van der Waals surface area contributed by atoms with Crippen LogP contribution < -0.4 is 0 Å². The van der Waals surface area contributed by atoms with Crippen molar-refractivity contribution in [1.29, 1.82) is 0 Å². The maximum atomic E-state index is 10.9. The SMILES string of the molecule is CCCCC(CCCC)C(C(=O)O)C(=O)O. The molecule has 0 aliphatic carbocycles. The van der Waals surface area contributed by atoms with Crippen LogP contribution in [0.4, 0.5) is 0 Å². The number of rotatable bonds is 9.